The number of amides is 1. The first-order valence-corrected chi connectivity index (χ1v) is 7.72. The first-order valence-electron chi connectivity index (χ1n) is 7.72. The van der Waals surface area contributed by atoms with Crippen LogP contribution in [0.2, 0.25) is 0 Å². The smallest absolute Gasteiger partial charge is 0.224 e. The van der Waals surface area contributed by atoms with Gasteiger partial charge in [0.2, 0.25) is 5.91 Å². The van der Waals surface area contributed by atoms with Gasteiger partial charge in [-0.1, -0.05) is 24.3 Å². The number of halogens is 1. The predicted octanol–water partition coefficient (Wildman–Crippen LogP) is 3.60. The second kappa shape index (κ2) is 7.50. The summed E-state index contributed by atoms with van der Waals surface area (Å²) in [6.45, 7) is 0.589. The standard InChI is InChI=1S/C18H17FN4O/c19-14-7-2-4-9-16(14)23-17(24)10-5-11-20-18-13-6-1-3-8-15(13)21-12-22-18/h1-4,6-9,12H,5,10-11H2,(H,23,24)(H,20,21,22). The molecule has 1 amide bonds. The molecule has 3 rings (SSSR count). The third kappa shape index (κ3) is 3.84. The van der Waals surface area contributed by atoms with E-state index < -0.39 is 5.82 Å². The minimum Gasteiger partial charge on any atom is -0.369 e. The van der Waals surface area contributed by atoms with E-state index in [-0.39, 0.29) is 11.6 Å². The van der Waals surface area contributed by atoms with E-state index in [4.69, 9.17) is 0 Å². The van der Waals surface area contributed by atoms with Crippen LogP contribution in [-0.2, 0) is 4.79 Å². The second-order valence-corrected chi connectivity index (χ2v) is 5.30. The van der Waals surface area contributed by atoms with Crippen LogP contribution in [0, 0.1) is 5.82 Å². The SMILES string of the molecule is O=C(CCCNc1ncnc2ccccc12)Nc1ccccc1F. The minimum absolute atomic E-state index is 0.206. The first-order chi connectivity index (χ1) is 11.7. The van der Waals surface area contributed by atoms with Gasteiger partial charge in [0.05, 0.1) is 11.2 Å². The van der Waals surface area contributed by atoms with E-state index >= 15 is 0 Å². The highest BCUT2D eigenvalue weighted by molar-refractivity contribution is 5.91. The summed E-state index contributed by atoms with van der Waals surface area (Å²) in [5.41, 5.74) is 1.07. The molecule has 122 valence electrons. The van der Waals surface area contributed by atoms with E-state index in [9.17, 15) is 9.18 Å². The molecule has 0 aliphatic heterocycles. The quantitative estimate of drug-likeness (QED) is 0.680. The van der Waals surface area contributed by atoms with Crippen molar-refractivity contribution in [1.82, 2.24) is 9.97 Å². The number of nitrogens with zero attached hydrogens (tertiary/aromatic N) is 2. The molecule has 0 fully saturated rings. The van der Waals surface area contributed by atoms with E-state index in [1.807, 2.05) is 24.3 Å². The van der Waals surface area contributed by atoms with Gasteiger partial charge in [0.25, 0.3) is 0 Å². The van der Waals surface area contributed by atoms with Gasteiger partial charge in [-0.05, 0) is 30.7 Å². The Kier molecular flexibility index (Phi) is 4.96. The lowest BCUT2D eigenvalue weighted by Gasteiger charge is -2.09. The van der Waals surface area contributed by atoms with Crippen molar-refractivity contribution < 1.29 is 9.18 Å². The molecule has 0 unspecified atom stereocenters. The summed E-state index contributed by atoms with van der Waals surface area (Å²) >= 11 is 0. The van der Waals surface area contributed by atoms with E-state index in [2.05, 4.69) is 20.6 Å². The van der Waals surface area contributed by atoms with Crippen molar-refractivity contribution in [3.8, 4) is 0 Å². The maximum atomic E-state index is 13.5. The van der Waals surface area contributed by atoms with Crippen molar-refractivity contribution in [3.63, 3.8) is 0 Å². The van der Waals surface area contributed by atoms with Gasteiger partial charge >= 0.3 is 0 Å². The Hall–Kier alpha value is -3.02. The zero-order valence-corrected chi connectivity index (χ0v) is 13.0. The second-order valence-electron chi connectivity index (χ2n) is 5.30. The van der Waals surface area contributed by atoms with Gasteiger partial charge in [0.15, 0.2) is 0 Å². The van der Waals surface area contributed by atoms with Gasteiger partial charge in [0.1, 0.15) is 18.0 Å². The number of para-hydroxylation sites is 2. The number of benzene rings is 2. The van der Waals surface area contributed by atoms with Crippen LogP contribution in [0.15, 0.2) is 54.9 Å². The fourth-order valence-electron chi connectivity index (χ4n) is 2.38. The monoisotopic (exact) mass is 324 g/mol. The Balaban J connectivity index is 1.50. The molecule has 3 aromatic rings. The van der Waals surface area contributed by atoms with Gasteiger partial charge in [-0.15, -0.1) is 0 Å². The van der Waals surface area contributed by atoms with E-state index in [0.29, 0.717) is 19.4 Å². The molecule has 0 aliphatic carbocycles. The molecule has 0 aliphatic rings. The lowest BCUT2D eigenvalue weighted by Crippen LogP contribution is -2.14. The number of anilines is 2. The number of rotatable bonds is 6. The summed E-state index contributed by atoms with van der Waals surface area (Å²) in [6.07, 6.45) is 2.42. The van der Waals surface area contributed by atoms with Crippen molar-refractivity contribution in [1.29, 1.82) is 0 Å². The fourth-order valence-corrected chi connectivity index (χ4v) is 2.38. The Labute approximate surface area is 138 Å². The molecule has 0 bridgehead atoms. The summed E-state index contributed by atoms with van der Waals surface area (Å²) in [5.74, 6) is 0.0981. The lowest BCUT2D eigenvalue weighted by molar-refractivity contribution is -0.116. The number of fused-ring (bicyclic) bond motifs is 1. The molecule has 0 radical (unpaired) electrons. The predicted molar refractivity (Wildman–Crippen MR) is 92.3 cm³/mol. The lowest BCUT2D eigenvalue weighted by atomic mass is 10.2. The number of carbonyl (C=O) groups is 1. The van der Waals surface area contributed by atoms with Crippen LogP contribution in [0.25, 0.3) is 10.9 Å². The Morgan fingerprint density at radius 1 is 1.04 bits per heavy atom. The van der Waals surface area contributed by atoms with Gasteiger partial charge in [-0.2, -0.15) is 0 Å². The summed E-state index contributed by atoms with van der Waals surface area (Å²) < 4.78 is 13.5. The number of hydrogen-bond donors (Lipinski definition) is 2. The molecule has 0 saturated carbocycles. The molecule has 5 nitrogen and oxygen atoms in total. The molecule has 0 atom stereocenters. The number of carbonyl (C=O) groups excluding carboxylic acids is 1. The van der Waals surface area contributed by atoms with E-state index in [1.54, 1.807) is 18.2 Å². The number of aromatic nitrogens is 2. The van der Waals surface area contributed by atoms with Crippen LogP contribution in [0.4, 0.5) is 15.9 Å². The highest BCUT2D eigenvalue weighted by Crippen LogP contribution is 2.18. The van der Waals surface area contributed by atoms with Crippen molar-refractivity contribution in [3.05, 3.63) is 60.7 Å². The van der Waals surface area contributed by atoms with Crippen LogP contribution in [0.3, 0.4) is 0 Å². The molecular weight excluding hydrogens is 307 g/mol. The normalized spacial score (nSPS) is 10.5. The van der Waals surface area contributed by atoms with E-state index in [0.717, 1.165) is 16.7 Å². The topological polar surface area (TPSA) is 66.9 Å². The molecule has 0 spiro atoms. The van der Waals surface area contributed by atoms with Gasteiger partial charge in [0, 0.05) is 18.4 Å². The van der Waals surface area contributed by atoms with Crippen LogP contribution in [0.1, 0.15) is 12.8 Å². The van der Waals surface area contributed by atoms with Gasteiger partial charge in [-0.3, -0.25) is 4.79 Å². The van der Waals surface area contributed by atoms with Crippen molar-refractivity contribution in [2.45, 2.75) is 12.8 Å². The molecule has 1 heterocycles. The third-order valence-electron chi connectivity index (χ3n) is 3.56. The largest absolute Gasteiger partial charge is 0.369 e. The zero-order valence-electron chi connectivity index (χ0n) is 13.0. The molecule has 2 N–H and O–H groups in total. The number of hydrogen-bond acceptors (Lipinski definition) is 4. The number of nitrogens with one attached hydrogen (secondary N) is 2. The molecule has 1 aromatic heterocycles. The maximum Gasteiger partial charge on any atom is 0.224 e. The Bertz CT molecular complexity index is 848. The summed E-state index contributed by atoms with van der Waals surface area (Å²) in [7, 11) is 0. The van der Waals surface area contributed by atoms with Crippen LogP contribution in [0.5, 0.6) is 0 Å². The average Bonchev–Trinajstić information content (AvgIpc) is 2.61. The molecule has 0 saturated heterocycles. The van der Waals surface area contributed by atoms with Crippen LogP contribution < -0.4 is 10.6 Å². The van der Waals surface area contributed by atoms with Crippen LogP contribution >= 0.6 is 0 Å². The summed E-state index contributed by atoms with van der Waals surface area (Å²) in [5, 5.41) is 6.72. The van der Waals surface area contributed by atoms with Crippen LogP contribution in [-0.4, -0.2) is 22.4 Å². The van der Waals surface area contributed by atoms with Crippen molar-refractivity contribution in [2.75, 3.05) is 17.2 Å². The van der Waals surface area contributed by atoms with Gasteiger partial charge < -0.3 is 10.6 Å². The van der Waals surface area contributed by atoms with Crippen molar-refractivity contribution >= 4 is 28.3 Å². The zero-order chi connectivity index (χ0) is 16.8. The molecule has 6 heteroatoms. The minimum atomic E-state index is -0.434. The summed E-state index contributed by atoms with van der Waals surface area (Å²) in [4.78, 5) is 20.3. The van der Waals surface area contributed by atoms with Crippen molar-refractivity contribution in [2.24, 2.45) is 0 Å². The highest BCUT2D eigenvalue weighted by atomic mass is 19.1. The fraction of sp³-hybridized carbons (Fsp3) is 0.167. The summed E-state index contributed by atoms with van der Waals surface area (Å²) in [6, 6.07) is 13.8. The van der Waals surface area contributed by atoms with E-state index in [1.165, 1.54) is 12.4 Å². The Morgan fingerprint density at radius 3 is 2.71 bits per heavy atom. The van der Waals surface area contributed by atoms with Gasteiger partial charge in [-0.25, -0.2) is 14.4 Å². The average molecular weight is 324 g/mol. The third-order valence-corrected chi connectivity index (χ3v) is 3.56. The molecule has 2 aromatic carbocycles. The molecular formula is C18H17FN4O. The molecule has 24 heavy (non-hydrogen) atoms. The Morgan fingerprint density at radius 2 is 1.83 bits per heavy atom. The maximum absolute atomic E-state index is 13.5. The first kappa shape index (κ1) is 15.9. The highest BCUT2D eigenvalue weighted by Gasteiger charge is 2.06.